The van der Waals surface area contributed by atoms with Gasteiger partial charge in [-0.05, 0) is 56.7 Å². The molecule has 0 saturated carbocycles. The second kappa shape index (κ2) is 9.70. The molecular formula is C23H27NO7S. The third-order valence-electron chi connectivity index (χ3n) is 5.49. The largest absolute Gasteiger partial charge is 0.497 e. The lowest BCUT2D eigenvalue weighted by atomic mass is 9.88. The molecule has 1 fully saturated rings. The number of amides is 1. The van der Waals surface area contributed by atoms with Crippen LogP contribution in [0.15, 0.2) is 53.4 Å². The van der Waals surface area contributed by atoms with Crippen molar-refractivity contribution in [2.45, 2.75) is 25.2 Å². The second-order valence-corrected chi connectivity index (χ2v) is 9.35. The molecule has 32 heavy (non-hydrogen) atoms. The first-order valence-electron chi connectivity index (χ1n) is 10.3. The van der Waals surface area contributed by atoms with Gasteiger partial charge in [-0.25, -0.2) is 0 Å². The van der Waals surface area contributed by atoms with Crippen LogP contribution in [0.5, 0.6) is 5.75 Å². The van der Waals surface area contributed by atoms with Gasteiger partial charge in [-0.1, -0.05) is 17.7 Å². The summed E-state index contributed by atoms with van der Waals surface area (Å²) in [6.07, 6.45) is 0.233. The van der Waals surface area contributed by atoms with E-state index in [-0.39, 0.29) is 36.9 Å². The van der Waals surface area contributed by atoms with E-state index in [9.17, 15) is 18.0 Å². The monoisotopic (exact) mass is 461 g/mol. The summed E-state index contributed by atoms with van der Waals surface area (Å²) >= 11 is 0. The molecule has 1 aliphatic heterocycles. The molecule has 8 nitrogen and oxygen atoms in total. The second-order valence-electron chi connectivity index (χ2n) is 7.74. The predicted octanol–water partition coefficient (Wildman–Crippen LogP) is 2.80. The zero-order valence-electron chi connectivity index (χ0n) is 18.4. The first kappa shape index (κ1) is 23.7. The molecule has 1 heterocycles. The quantitative estimate of drug-likeness (QED) is 0.440. The van der Waals surface area contributed by atoms with E-state index in [4.69, 9.17) is 13.7 Å². The Morgan fingerprint density at radius 2 is 1.72 bits per heavy atom. The number of hydrogen-bond donors (Lipinski definition) is 0. The molecule has 1 aliphatic rings. The van der Waals surface area contributed by atoms with Gasteiger partial charge in [0, 0.05) is 18.7 Å². The summed E-state index contributed by atoms with van der Waals surface area (Å²) in [5, 5.41) is 0. The molecule has 1 atom stereocenters. The number of ether oxygens (including phenoxy) is 2. The van der Waals surface area contributed by atoms with Crippen molar-refractivity contribution >= 4 is 22.0 Å². The minimum Gasteiger partial charge on any atom is -0.497 e. The van der Waals surface area contributed by atoms with E-state index in [1.165, 1.54) is 24.1 Å². The van der Waals surface area contributed by atoms with Crippen LogP contribution in [0.4, 0.5) is 0 Å². The van der Waals surface area contributed by atoms with E-state index in [0.29, 0.717) is 11.3 Å². The molecule has 0 aliphatic carbocycles. The number of carbonyl (C=O) groups is 2. The Morgan fingerprint density at radius 3 is 2.31 bits per heavy atom. The number of esters is 1. The van der Waals surface area contributed by atoms with Gasteiger partial charge in [-0.3, -0.25) is 13.8 Å². The van der Waals surface area contributed by atoms with E-state index >= 15 is 0 Å². The Morgan fingerprint density at radius 1 is 1.06 bits per heavy atom. The lowest BCUT2D eigenvalue weighted by Crippen LogP contribution is -2.42. The highest BCUT2D eigenvalue weighted by molar-refractivity contribution is 7.86. The third-order valence-corrected chi connectivity index (χ3v) is 6.76. The summed E-state index contributed by atoms with van der Waals surface area (Å²) in [6.45, 7) is 3.52. The van der Waals surface area contributed by atoms with Crippen LogP contribution < -0.4 is 4.74 Å². The maximum absolute atomic E-state index is 12.9. The maximum Gasteiger partial charge on any atom is 0.316 e. The molecule has 2 aromatic rings. The van der Waals surface area contributed by atoms with E-state index in [1.807, 2.05) is 6.92 Å². The standard InChI is InChI=1S/C23H27NO7S/c1-4-30-22(26)23(16-31-32(27,28)20-11-5-17(2)6-12-20)13-14-24(15-23)21(25)18-7-9-19(29-3)10-8-18/h5-12H,4,13-16H2,1-3H3. The van der Waals surface area contributed by atoms with Crippen LogP contribution in [-0.4, -0.2) is 58.6 Å². The van der Waals surface area contributed by atoms with Gasteiger partial charge in [0.25, 0.3) is 16.0 Å². The van der Waals surface area contributed by atoms with Gasteiger partial charge in [0.2, 0.25) is 0 Å². The average molecular weight is 462 g/mol. The number of rotatable bonds is 8. The molecule has 0 N–H and O–H groups in total. The average Bonchev–Trinajstić information content (AvgIpc) is 3.24. The fourth-order valence-electron chi connectivity index (χ4n) is 3.55. The van der Waals surface area contributed by atoms with Gasteiger partial charge >= 0.3 is 5.97 Å². The fraction of sp³-hybridized carbons (Fsp3) is 0.391. The molecule has 0 radical (unpaired) electrons. The topological polar surface area (TPSA) is 99.2 Å². The van der Waals surface area contributed by atoms with Gasteiger partial charge in [0.1, 0.15) is 11.2 Å². The van der Waals surface area contributed by atoms with Crippen molar-refractivity contribution in [3.8, 4) is 5.75 Å². The van der Waals surface area contributed by atoms with Crippen molar-refractivity contribution in [3.63, 3.8) is 0 Å². The Labute approximate surface area is 188 Å². The molecule has 0 aromatic heterocycles. The minimum absolute atomic E-state index is 0.000113. The summed E-state index contributed by atoms with van der Waals surface area (Å²) < 4.78 is 40.9. The minimum atomic E-state index is -4.07. The van der Waals surface area contributed by atoms with Crippen LogP contribution in [0, 0.1) is 12.3 Å². The lowest BCUT2D eigenvalue weighted by Gasteiger charge is -2.26. The summed E-state index contributed by atoms with van der Waals surface area (Å²) in [7, 11) is -2.54. The molecule has 0 bridgehead atoms. The smallest absolute Gasteiger partial charge is 0.316 e. The normalized spacial score (nSPS) is 18.4. The highest BCUT2D eigenvalue weighted by Gasteiger charge is 2.48. The summed E-state index contributed by atoms with van der Waals surface area (Å²) in [4.78, 5) is 27.3. The van der Waals surface area contributed by atoms with Crippen molar-refractivity contribution in [1.29, 1.82) is 0 Å². The maximum atomic E-state index is 12.9. The highest BCUT2D eigenvalue weighted by atomic mass is 32.2. The van der Waals surface area contributed by atoms with E-state index in [0.717, 1.165) is 5.56 Å². The van der Waals surface area contributed by atoms with E-state index in [1.54, 1.807) is 43.3 Å². The number of carbonyl (C=O) groups excluding carboxylic acids is 2. The molecular weight excluding hydrogens is 434 g/mol. The van der Waals surface area contributed by atoms with Crippen molar-refractivity contribution in [3.05, 3.63) is 59.7 Å². The predicted molar refractivity (Wildman–Crippen MR) is 117 cm³/mol. The summed E-state index contributed by atoms with van der Waals surface area (Å²) in [6, 6.07) is 12.9. The van der Waals surface area contributed by atoms with Gasteiger partial charge in [0.05, 0.1) is 25.2 Å². The molecule has 0 spiro atoms. The number of methoxy groups -OCH3 is 1. The zero-order chi connectivity index (χ0) is 23.4. The first-order valence-corrected chi connectivity index (χ1v) is 11.7. The Kier molecular flexibility index (Phi) is 7.20. The Balaban J connectivity index is 1.78. The fourth-order valence-corrected chi connectivity index (χ4v) is 4.54. The molecule has 9 heteroatoms. The molecule has 1 amide bonds. The zero-order valence-corrected chi connectivity index (χ0v) is 19.2. The molecule has 3 rings (SSSR count). The van der Waals surface area contributed by atoms with Crippen molar-refractivity contribution in [2.24, 2.45) is 5.41 Å². The van der Waals surface area contributed by atoms with Crippen LogP contribution >= 0.6 is 0 Å². The van der Waals surface area contributed by atoms with Crippen LogP contribution in [0.3, 0.4) is 0 Å². The molecule has 172 valence electrons. The van der Waals surface area contributed by atoms with Crippen molar-refractivity contribution in [2.75, 3.05) is 33.4 Å². The third kappa shape index (κ3) is 5.11. The number of aryl methyl sites for hydroxylation is 1. The molecule has 1 saturated heterocycles. The van der Waals surface area contributed by atoms with Gasteiger partial charge in [-0.15, -0.1) is 0 Å². The Bertz CT molecular complexity index is 1060. The van der Waals surface area contributed by atoms with Gasteiger partial charge < -0.3 is 14.4 Å². The van der Waals surface area contributed by atoms with Crippen molar-refractivity contribution in [1.82, 2.24) is 4.90 Å². The lowest BCUT2D eigenvalue weighted by molar-refractivity contribution is -0.156. The summed E-state index contributed by atoms with van der Waals surface area (Å²) in [5.74, 6) is -0.220. The summed E-state index contributed by atoms with van der Waals surface area (Å²) in [5.41, 5.74) is 0.0877. The van der Waals surface area contributed by atoms with Crippen LogP contribution in [0.2, 0.25) is 0 Å². The number of likely N-dealkylation sites (tertiary alicyclic amines) is 1. The number of benzene rings is 2. The SMILES string of the molecule is CCOC(=O)C1(COS(=O)(=O)c2ccc(C)cc2)CCN(C(=O)c2ccc(OC)cc2)C1. The van der Waals surface area contributed by atoms with Crippen LogP contribution in [-0.2, 0) is 23.8 Å². The van der Waals surface area contributed by atoms with Crippen LogP contribution in [0.25, 0.3) is 0 Å². The van der Waals surface area contributed by atoms with Gasteiger partial charge in [0.15, 0.2) is 0 Å². The highest BCUT2D eigenvalue weighted by Crippen LogP contribution is 2.34. The Hall–Kier alpha value is -2.91. The molecule has 2 aromatic carbocycles. The van der Waals surface area contributed by atoms with Crippen LogP contribution in [0.1, 0.15) is 29.3 Å². The molecule has 1 unspecified atom stereocenters. The first-order chi connectivity index (χ1) is 15.2. The number of nitrogens with zero attached hydrogens (tertiary/aromatic N) is 1. The van der Waals surface area contributed by atoms with E-state index < -0.39 is 28.1 Å². The number of hydrogen-bond acceptors (Lipinski definition) is 7. The van der Waals surface area contributed by atoms with Gasteiger partial charge in [-0.2, -0.15) is 8.42 Å². The van der Waals surface area contributed by atoms with Crippen molar-refractivity contribution < 1.29 is 31.7 Å². The van der Waals surface area contributed by atoms with E-state index in [2.05, 4.69) is 0 Å².